The molecule has 0 saturated heterocycles. The molecule has 2 heterocycles. The predicted molar refractivity (Wildman–Crippen MR) is 100 cm³/mol. The van der Waals surface area contributed by atoms with Gasteiger partial charge in [-0.1, -0.05) is 34.1 Å². The number of hydrogen-bond donors (Lipinski definition) is 0. The fraction of sp³-hybridized carbons (Fsp3) is 0.158. The molecule has 2 aliphatic heterocycles. The molecule has 0 saturated carbocycles. The Morgan fingerprint density at radius 3 is 2.67 bits per heavy atom. The number of nitrogens with zero attached hydrogens (tertiary/aromatic N) is 2. The fourth-order valence-electron chi connectivity index (χ4n) is 3.51. The van der Waals surface area contributed by atoms with Gasteiger partial charge in [-0.25, -0.2) is 4.79 Å². The third-order valence-corrected chi connectivity index (χ3v) is 5.16. The minimum atomic E-state index is -0.564. The number of halogens is 1. The van der Waals surface area contributed by atoms with Crippen molar-refractivity contribution in [2.75, 3.05) is 11.5 Å². The van der Waals surface area contributed by atoms with E-state index in [0.29, 0.717) is 22.5 Å². The van der Waals surface area contributed by atoms with Gasteiger partial charge in [-0.05, 0) is 23.8 Å². The number of nitro groups is 1. The van der Waals surface area contributed by atoms with Crippen LogP contribution in [0, 0.1) is 10.1 Å². The molecule has 0 fully saturated rings. The summed E-state index contributed by atoms with van der Waals surface area (Å²) in [4.78, 5) is 37.4. The molecule has 0 aromatic heterocycles. The van der Waals surface area contributed by atoms with Crippen LogP contribution in [0.3, 0.4) is 0 Å². The molecular weight excluding hydrogens is 416 g/mol. The van der Waals surface area contributed by atoms with Crippen molar-refractivity contribution in [1.29, 1.82) is 0 Å². The molecular formula is C19H13BrN2O5. The van der Waals surface area contributed by atoms with E-state index >= 15 is 0 Å². The lowest BCUT2D eigenvalue weighted by Crippen LogP contribution is -2.37. The summed E-state index contributed by atoms with van der Waals surface area (Å²) in [5.41, 5.74) is 1.99. The average molecular weight is 429 g/mol. The topological polar surface area (TPSA) is 89.7 Å². The van der Waals surface area contributed by atoms with Crippen molar-refractivity contribution in [2.24, 2.45) is 0 Å². The van der Waals surface area contributed by atoms with Crippen LogP contribution in [0.2, 0.25) is 0 Å². The zero-order valence-corrected chi connectivity index (χ0v) is 15.5. The van der Waals surface area contributed by atoms with Gasteiger partial charge in [0.25, 0.3) is 5.69 Å². The van der Waals surface area contributed by atoms with E-state index in [0.717, 1.165) is 4.47 Å². The summed E-state index contributed by atoms with van der Waals surface area (Å²) < 4.78 is 6.01. The second-order valence-electron chi connectivity index (χ2n) is 6.25. The molecule has 27 heavy (non-hydrogen) atoms. The fourth-order valence-corrected chi connectivity index (χ4v) is 3.90. The molecule has 0 N–H and O–H groups in total. The van der Waals surface area contributed by atoms with Gasteiger partial charge < -0.3 is 4.74 Å². The van der Waals surface area contributed by atoms with Gasteiger partial charge in [0.1, 0.15) is 6.61 Å². The van der Waals surface area contributed by atoms with Crippen molar-refractivity contribution < 1.29 is 19.2 Å². The van der Waals surface area contributed by atoms with Crippen molar-refractivity contribution in [3.05, 3.63) is 80.0 Å². The maximum absolute atomic E-state index is 12.9. The van der Waals surface area contributed by atoms with Crippen LogP contribution in [0.15, 0.2) is 64.3 Å². The van der Waals surface area contributed by atoms with Crippen LogP contribution >= 0.6 is 15.9 Å². The van der Waals surface area contributed by atoms with Crippen LogP contribution < -0.4 is 4.90 Å². The van der Waals surface area contributed by atoms with Gasteiger partial charge in [0.05, 0.1) is 16.2 Å². The number of hydrogen-bond acceptors (Lipinski definition) is 5. The van der Waals surface area contributed by atoms with Gasteiger partial charge in [-0.3, -0.25) is 19.8 Å². The van der Waals surface area contributed by atoms with E-state index in [1.54, 1.807) is 30.3 Å². The summed E-state index contributed by atoms with van der Waals surface area (Å²) in [6.45, 7) is -0.00214. The number of cyclic esters (lactones) is 1. The largest absolute Gasteiger partial charge is 0.456 e. The Morgan fingerprint density at radius 2 is 1.93 bits per heavy atom. The highest BCUT2D eigenvalue weighted by molar-refractivity contribution is 9.10. The molecule has 136 valence electrons. The first-order valence-corrected chi connectivity index (χ1v) is 8.98. The van der Waals surface area contributed by atoms with E-state index in [1.165, 1.54) is 17.0 Å². The first kappa shape index (κ1) is 17.4. The number of ether oxygens (including phenoxy) is 1. The zero-order chi connectivity index (χ0) is 19.1. The van der Waals surface area contributed by atoms with Crippen LogP contribution in [0.5, 0.6) is 0 Å². The monoisotopic (exact) mass is 428 g/mol. The van der Waals surface area contributed by atoms with Gasteiger partial charge in [0, 0.05) is 34.6 Å². The zero-order valence-electron chi connectivity index (χ0n) is 13.9. The van der Waals surface area contributed by atoms with Gasteiger partial charge in [0.2, 0.25) is 5.91 Å². The van der Waals surface area contributed by atoms with Crippen molar-refractivity contribution >= 4 is 39.2 Å². The van der Waals surface area contributed by atoms with Gasteiger partial charge in [0.15, 0.2) is 0 Å². The van der Waals surface area contributed by atoms with Crippen LogP contribution in [0.4, 0.5) is 11.4 Å². The molecule has 0 unspecified atom stereocenters. The van der Waals surface area contributed by atoms with Gasteiger partial charge in [-0.2, -0.15) is 0 Å². The van der Waals surface area contributed by atoms with Crippen molar-refractivity contribution in [3.8, 4) is 0 Å². The third kappa shape index (κ3) is 3.02. The lowest BCUT2D eigenvalue weighted by atomic mass is 9.84. The Labute approximate surface area is 162 Å². The molecule has 2 aromatic carbocycles. The number of rotatable bonds is 3. The number of anilines is 1. The van der Waals surface area contributed by atoms with E-state index < -0.39 is 16.8 Å². The Kier molecular flexibility index (Phi) is 4.27. The van der Waals surface area contributed by atoms with Crippen LogP contribution in [0.25, 0.3) is 0 Å². The summed E-state index contributed by atoms with van der Waals surface area (Å²) in [5.74, 6) is -1.25. The number of nitro benzene ring substituents is 1. The highest BCUT2D eigenvalue weighted by Gasteiger charge is 2.43. The molecule has 2 aromatic rings. The van der Waals surface area contributed by atoms with E-state index in [2.05, 4.69) is 15.9 Å². The minimum absolute atomic E-state index is 0.00214. The molecule has 0 aliphatic carbocycles. The Hall–Kier alpha value is -3.00. The predicted octanol–water partition coefficient (Wildman–Crippen LogP) is 3.69. The molecule has 2 aliphatic rings. The third-order valence-electron chi connectivity index (χ3n) is 4.67. The highest BCUT2D eigenvalue weighted by Crippen LogP contribution is 2.42. The molecule has 1 amide bonds. The first-order chi connectivity index (χ1) is 13.0. The number of carbonyl (C=O) groups excluding carboxylic acids is 2. The Morgan fingerprint density at radius 1 is 1.15 bits per heavy atom. The Balaban J connectivity index is 1.83. The molecule has 8 heteroatoms. The summed E-state index contributed by atoms with van der Waals surface area (Å²) in [5, 5.41) is 11.1. The minimum Gasteiger partial charge on any atom is -0.456 e. The second kappa shape index (κ2) is 6.62. The maximum Gasteiger partial charge on any atom is 0.336 e. The maximum atomic E-state index is 12.9. The Bertz CT molecular complexity index is 1020. The average Bonchev–Trinajstić information content (AvgIpc) is 3.02. The lowest BCUT2D eigenvalue weighted by molar-refractivity contribution is -0.384. The SMILES string of the molecule is O=C1OCC2=C1[C@H](c1cccc([N+](=O)[O-])c1)CC(=O)N2c1cccc(Br)c1. The molecule has 1 atom stereocenters. The van der Waals surface area contributed by atoms with Crippen molar-refractivity contribution in [2.45, 2.75) is 12.3 Å². The van der Waals surface area contributed by atoms with E-state index in [4.69, 9.17) is 4.74 Å². The highest BCUT2D eigenvalue weighted by atomic mass is 79.9. The number of benzene rings is 2. The number of amides is 1. The molecule has 0 bridgehead atoms. The standard InChI is InChI=1S/C19H13BrN2O5/c20-12-4-2-5-13(8-12)21-16-10-27-19(24)18(16)15(9-17(21)23)11-3-1-6-14(7-11)22(25)26/h1-8,15H,9-10H2/t15-/m0/s1. The number of esters is 1. The molecule has 0 radical (unpaired) electrons. The molecule has 7 nitrogen and oxygen atoms in total. The van der Waals surface area contributed by atoms with Crippen LogP contribution in [-0.4, -0.2) is 23.4 Å². The second-order valence-corrected chi connectivity index (χ2v) is 7.17. The van der Waals surface area contributed by atoms with E-state index in [-0.39, 0.29) is 24.6 Å². The first-order valence-electron chi connectivity index (χ1n) is 8.19. The lowest BCUT2D eigenvalue weighted by Gasteiger charge is -2.31. The molecule has 0 spiro atoms. The summed E-state index contributed by atoms with van der Waals surface area (Å²) in [6.07, 6.45) is 0.0294. The van der Waals surface area contributed by atoms with Gasteiger partial charge in [-0.15, -0.1) is 0 Å². The number of carbonyl (C=O) groups is 2. The van der Waals surface area contributed by atoms with E-state index in [9.17, 15) is 19.7 Å². The summed E-state index contributed by atoms with van der Waals surface area (Å²) >= 11 is 3.39. The van der Waals surface area contributed by atoms with Crippen molar-refractivity contribution in [1.82, 2.24) is 0 Å². The quantitative estimate of drug-likeness (QED) is 0.422. The van der Waals surface area contributed by atoms with Crippen LogP contribution in [-0.2, 0) is 14.3 Å². The van der Waals surface area contributed by atoms with Crippen molar-refractivity contribution in [3.63, 3.8) is 0 Å². The summed E-state index contributed by atoms with van der Waals surface area (Å²) in [6, 6.07) is 13.2. The summed E-state index contributed by atoms with van der Waals surface area (Å²) in [7, 11) is 0. The van der Waals surface area contributed by atoms with Gasteiger partial charge >= 0.3 is 5.97 Å². The number of non-ortho nitro benzene ring substituents is 1. The van der Waals surface area contributed by atoms with Crippen LogP contribution in [0.1, 0.15) is 17.9 Å². The normalized spacial score (nSPS) is 19.1. The molecule has 4 rings (SSSR count). The van der Waals surface area contributed by atoms with E-state index in [1.807, 2.05) is 6.07 Å². The smallest absolute Gasteiger partial charge is 0.336 e.